The maximum atomic E-state index is 12.3. The van der Waals surface area contributed by atoms with E-state index < -0.39 is 22.5 Å². The van der Waals surface area contributed by atoms with E-state index in [4.69, 9.17) is 14.2 Å². The van der Waals surface area contributed by atoms with E-state index in [1.165, 1.54) is 0 Å². The van der Waals surface area contributed by atoms with E-state index in [-0.39, 0.29) is 30.2 Å². The highest BCUT2D eigenvalue weighted by Crippen LogP contribution is 2.76. The third-order valence-electron chi connectivity index (χ3n) is 6.59. The Morgan fingerprint density at radius 2 is 2.15 bits per heavy atom. The van der Waals surface area contributed by atoms with E-state index in [0.717, 1.165) is 5.57 Å². The maximum absolute atomic E-state index is 12.3. The van der Waals surface area contributed by atoms with E-state index >= 15 is 0 Å². The predicted octanol–water partition coefficient (Wildman–Crippen LogP) is 0.411. The topological polar surface area (TPSA) is 71.6 Å². The van der Waals surface area contributed by atoms with Gasteiger partial charge in [-0.05, 0) is 13.3 Å². The minimum atomic E-state index is -1.19. The van der Waals surface area contributed by atoms with Crippen LogP contribution in [-0.4, -0.2) is 47.2 Å². The summed E-state index contributed by atoms with van der Waals surface area (Å²) in [6.45, 7) is 8.55. The fourth-order valence-electron chi connectivity index (χ4n) is 5.47. The Bertz CT molecular complexity index is 567. The number of carbonyl (C=O) groups is 1. The van der Waals surface area contributed by atoms with Crippen molar-refractivity contribution in [1.29, 1.82) is 0 Å². The number of aliphatic hydroxyl groups is 1. The first-order valence-electron chi connectivity index (χ1n) is 7.24. The van der Waals surface area contributed by atoms with Gasteiger partial charge in [0.05, 0.1) is 12.5 Å². The van der Waals surface area contributed by atoms with Crippen molar-refractivity contribution in [3.05, 3.63) is 12.2 Å². The van der Waals surface area contributed by atoms with Gasteiger partial charge in [-0.1, -0.05) is 19.1 Å². The highest BCUT2D eigenvalue weighted by molar-refractivity contribution is 5.79. The fraction of sp³-hybridized carbons (Fsp3) is 0.800. The normalized spacial score (nSPS) is 64.8. The number of epoxide rings is 2. The van der Waals surface area contributed by atoms with Crippen LogP contribution in [0, 0.1) is 17.3 Å². The number of carbonyl (C=O) groups excluding carboxylic acids is 1. The standard InChI is InChI=1S/C15H18O5/c1-6(2)8-7-4-13(3)14(5-18-14)10-11(20-10)15(13,17)9(8)12(16)19-7/h7-11,17H,1,4-5H2,2-3H3/t7-,8+,9+,10+,11-,13-,14-,15-/m0/s1. The molecule has 1 spiro atoms. The van der Waals surface area contributed by atoms with Gasteiger partial charge in [-0.2, -0.15) is 0 Å². The molecule has 3 heterocycles. The van der Waals surface area contributed by atoms with Crippen LogP contribution in [0.4, 0.5) is 0 Å². The first kappa shape index (κ1) is 11.7. The monoisotopic (exact) mass is 278 g/mol. The van der Waals surface area contributed by atoms with Crippen molar-refractivity contribution in [2.45, 2.75) is 49.8 Å². The minimum absolute atomic E-state index is 0.0598. The van der Waals surface area contributed by atoms with E-state index in [0.29, 0.717) is 13.0 Å². The zero-order valence-corrected chi connectivity index (χ0v) is 11.6. The van der Waals surface area contributed by atoms with Crippen molar-refractivity contribution < 1.29 is 24.1 Å². The molecule has 0 aromatic heterocycles. The molecule has 1 N–H and O–H groups in total. The molecule has 5 aliphatic rings. The summed E-state index contributed by atoms with van der Waals surface area (Å²) >= 11 is 0. The van der Waals surface area contributed by atoms with Crippen LogP contribution in [0.1, 0.15) is 20.3 Å². The summed E-state index contributed by atoms with van der Waals surface area (Å²) in [5, 5.41) is 11.5. The van der Waals surface area contributed by atoms with E-state index in [2.05, 4.69) is 6.58 Å². The molecular formula is C15H18O5. The van der Waals surface area contributed by atoms with Crippen molar-refractivity contribution >= 4 is 5.97 Å². The summed E-state index contributed by atoms with van der Waals surface area (Å²) in [5.74, 6) is -0.983. The summed E-state index contributed by atoms with van der Waals surface area (Å²) < 4.78 is 17.0. The van der Waals surface area contributed by atoms with Crippen molar-refractivity contribution in [1.82, 2.24) is 0 Å². The molecule has 8 atom stereocenters. The van der Waals surface area contributed by atoms with Crippen LogP contribution in [0.3, 0.4) is 0 Å². The molecule has 5 nitrogen and oxygen atoms in total. The molecule has 20 heavy (non-hydrogen) atoms. The highest BCUT2D eigenvalue weighted by Gasteiger charge is 2.92. The molecule has 2 bridgehead atoms. The molecule has 5 fully saturated rings. The predicted molar refractivity (Wildman–Crippen MR) is 66.7 cm³/mol. The number of rotatable bonds is 1. The summed E-state index contributed by atoms with van der Waals surface area (Å²) in [4.78, 5) is 12.3. The summed E-state index contributed by atoms with van der Waals surface area (Å²) in [7, 11) is 0. The van der Waals surface area contributed by atoms with Gasteiger partial charge in [-0.15, -0.1) is 0 Å². The van der Waals surface area contributed by atoms with Gasteiger partial charge >= 0.3 is 5.97 Å². The third kappa shape index (κ3) is 0.875. The quantitative estimate of drug-likeness (QED) is 0.427. The van der Waals surface area contributed by atoms with Gasteiger partial charge in [0.1, 0.15) is 29.5 Å². The minimum Gasteiger partial charge on any atom is -0.461 e. The van der Waals surface area contributed by atoms with E-state index in [9.17, 15) is 9.90 Å². The number of hydrogen-bond acceptors (Lipinski definition) is 5. The molecule has 2 saturated carbocycles. The summed E-state index contributed by atoms with van der Waals surface area (Å²) in [6, 6.07) is 0. The molecule has 0 unspecified atom stereocenters. The largest absolute Gasteiger partial charge is 0.461 e. The molecule has 3 aliphatic heterocycles. The van der Waals surface area contributed by atoms with Gasteiger partial charge in [-0.3, -0.25) is 4.79 Å². The highest BCUT2D eigenvalue weighted by atomic mass is 16.7. The molecule has 5 heteroatoms. The molecule has 0 radical (unpaired) electrons. The van der Waals surface area contributed by atoms with Gasteiger partial charge < -0.3 is 19.3 Å². The zero-order valence-electron chi connectivity index (χ0n) is 11.6. The lowest BCUT2D eigenvalue weighted by Gasteiger charge is -2.51. The molecule has 108 valence electrons. The van der Waals surface area contributed by atoms with Crippen LogP contribution in [0.15, 0.2) is 12.2 Å². The van der Waals surface area contributed by atoms with Crippen molar-refractivity contribution in [2.75, 3.05) is 6.61 Å². The second-order valence-electron chi connectivity index (χ2n) is 7.34. The second kappa shape index (κ2) is 2.85. The molecule has 3 saturated heterocycles. The SMILES string of the molecule is C=C(C)[C@@H]1[C@@H]2C[C@]3(C)[C@@](O)([C@H]4O[C@H]4[C@@]34CO4)[C@H]1C(=O)O2. The van der Waals surface area contributed by atoms with Crippen LogP contribution < -0.4 is 0 Å². The summed E-state index contributed by atoms with van der Waals surface area (Å²) in [6.07, 6.45) is 0.0809. The molecule has 0 aromatic carbocycles. The lowest BCUT2D eigenvalue weighted by atomic mass is 9.54. The lowest BCUT2D eigenvalue weighted by Crippen LogP contribution is -2.64. The van der Waals surface area contributed by atoms with E-state index in [1.807, 2.05) is 13.8 Å². The first-order valence-corrected chi connectivity index (χ1v) is 7.24. The number of esters is 1. The molecule has 2 aliphatic carbocycles. The Kier molecular flexibility index (Phi) is 1.67. The number of hydrogen-bond donors (Lipinski definition) is 1. The Morgan fingerprint density at radius 1 is 1.45 bits per heavy atom. The van der Waals surface area contributed by atoms with Gasteiger partial charge in [0.2, 0.25) is 0 Å². The lowest BCUT2D eigenvalue weighted by molar-refractivity contribution is -0.185. The van der Waals surface area contributed by atoms with Crippen molar-refractivity contribution in [2.24, 2.45) is 17.3 Å². The van der Waals surface area contributed by atoms with Gasteiger partial charge in [0.15, 0.2) is 0 Å². The molecule has 0 aromatic rings. The average molecular weight is 278 g/mol. The third-order valence-corrected chi connectivity index (χ3v) is 6.59. The van der Waals surface area contributed by atoms with Crippen molar-refractivity contribution in [3.63, 3.8) is 0 Å². The van der Waals surface area contributed by atoms with Crippen LogP contribution in [0.5, 0.6) is 0 Å². The number of ether oxygens (including phenoxy) is 3. The van der Waals surface area contributed by atoms with Gasteiger partial charge in [0.25, 0.3) is 0 Å². The van der Waals surface area contributed by atoms with Gasteiger partial charge in [-0.25, -0.2) is 0 Å². The Hall–Kier alpha value is -0.910. The Labute approximate surface area is 116 Å². The molecule has 0 amide bonds. The van der Waals surface area contributed by atoms with Crippen LogP contribution in [-0.2, 0) is 19.0 Å². The van der Waals surface area contributed by atoms with Crippen LogP contribution in [0.2, 0.25) is 0 Å². The first-order chi connectivity index (χ1) is 9.37. The fourth-order valence-corrected chi connectivity index (χ4v) is 5.47. The second-order valence-corrected chi connectivity index (χ2v) is 7.34. The van der Waals surface area contributed by atoms with Crippen LogP contribution >= 0.6 is 0 Å². The smallest absolute Gasteiger partial charge is 0.313 e. The van der Waals surface area contributed by atoms with E-state index in [1.54, 1.807) is 0 Å². The molecular weight excluding hydrogens is 260 g/mol. The van der Waals surface area contributed by atoms with Crippen LogP contribution in [0.25, 0.3) is 0 Å². The Morgan fingerprint density at radius 3 is 2.75 bits per heavy atom. The zero-order chi connectivity index (χ0) is 14.1. The van der Waals surface area contributed by atoms with Crippen molar-refractivity contribution in [3.8, 4) is 0 Å². The summed E-state index contributed by atoms with van der Waals surface area (Å²) in [5.41, 5.74) is -1.17. The Balaban J connectivity index is 1.72. The molecule has 5 rings (SSSR count). The average Bonchev–Trinajstić information content (AvgIpc) is 3.20. The number of fused-ring (bicyclic) bond motifs is 8. The van der Waals surface area contributed by atoms with Gasteiger partial charge in [0, 0.05) is 11.3 Å². The maximum Gasteiger partial charge on any atom is 0.313 e.